The highest BCUT2D eigenvalue weighted by molar-refractivity contribution is 6.10. The van der Waals surface area contributed by atoms with Crippen LogP contribution in [0.15, 0.2) is 227 Å². The quantitative estimate of drug-likeness (QED) is 0.161. The van der Waals surface area contributed by atoms with Gasteiger partial charge in [-0.1, -0.05) is 194 Å². The molecule has 0 radical (unpaired) electrons. The minimum atomic E-state index is 0.661. The maximum Gasteiger partial charge on any atom is 0.160 e. The first kappa shape index (κ1) is 35.6. The van der Waals surface area contributed by atoms with Gasteiger partial charge in [0.2, 0.25) is 0 Å². The van der Waals surface area contributed by atoms with Gasteiger partial charge in [0.15, 0.2) is 5.82 Å². The number of benzene rings is 9. The van der Waals surface area contributed by atoms with Gasteiger partial charge in [0.25, 0.3) is 0 Å². The highest BCUT2D eigenvalue weighted by Crippen LogP contribution is 2.39. The van der Waals surface area contributed by atoms with E-state index in [4.69, 9.17) is 18.8 Å². The van der Waals surface area contributed by atoms with Crippen molar-refractivity contribution in [2.75, 3.05) is 0 Å². The van der Waals surface area contributed by atoms with Crippen LogP contribution < -0.4 is 0 Å². The number of hydrogen-bond acceptors (Lipinski definition) is 4. The lowest BCUT2D eigenvalue weighted by molar-refractivity contribution is 0.669. The van der Waals surface area contributed by atoms with Crippen molar-refractivity contribution in [1.29, 1.82) is 0 Å². The lowest BCUT2D eigenvalue weighted by Crippen LogP contribution is -1.96. The number of para-hydroxylation sites is 4. The van der Waals surface area contributed by atoms with Crippen molar-refractivity contribution >= 4 is 43.9 Å². The van der Waals surface area contributed by atoms with Crippen LogP contribution in [0.25, 0.3) is 122 Å². The molecule has 3 heterocycles. The third-order valence-electron chi connectivity index (χ3n) is 12.0. The molecular weight excluding hydrogens is 757 g/mol. The first-order valence-electron chi connectivity index (χ1n) is 20.9. The Hall–Kier alpha value is -8.34. The number of hydrogen-bond donors (Lipinski definition) is 0. The van der Waals surface area contributed by atoms with Crippen LogP contribution in [0.2, 0.25) is 0 Å². The minimum Gasteiger partial charge on any atom is -0.455 e. The zero-order valence-corrected chi connectivity index (χ0v) is 33.5. The Morgan fingerprint density at radius 2 is 0.645 bits per heavy atom. The number of fused-ring (bicyclic) bond motifs is 6. The fraction of sp³-hybridized carbons (Fsp3) is 0. The molecule has 4 nitrogen and oxygen atoms in total. The summed E-state index contributed by atoms with van der Waals surface area (Å²) >= 11 is 0. The Morgan fingerprint density at radius 3 is 1.18 bits per heavy atom. The molecule has 0 aliphatic rings. The van der Waals surface area contributed by atoms with Gasteiger partial charge in [-0.25, -0.2) is 9.97 Å². The van der Waals surface area contributed by atoms with Gasteiger partial charge in [-0.3, -0.25) is 0 Å². The van der Waals surface area contributed by atoms with Crippen molar-refractivity contribution in [1.82, 2.24) is 9.97 Å². The molecule has 0 saturated heterocycles. The van der Waals surface area contributed by atoms with E-state index in [1.165, 1.54) is 11.1 Å². The average molecular weight is 793 g/mol. The third-order valence-corrected chi connectivity index (χ3v) is 12.0. The van der Waals surface area contributed by atoms with Gasteiger partial charge in [-0.05, 0) is 57.6 Å². The normalized spacial score (nSPS) is 11.5. The monoisotopic (exact) mass is 792 g/mol. The van der Waals surface area contributed by atoms with Crippen molar-refractivity contribution in [3.63, 3.8) is 0 Å². The van der Waals surface area contributed by atoms with Crippen molar-refractivity contribution in [3.8, 4) is 78.4 Å². The van der Waals surface area contributed by atoms with Crippen LogP contribution in [0, 0.1) is 0 Å². The molecular formula is C58H36N2O2. The van der Waals surface area contributed by atoms with Gasteiger partial charge >= 0.3 is 0 Å². The first-order chi connectivity index (χ1) is 30.7. The molecule has 0 bridgehead atoms. The molecule has 12 aromatic rings. The highest BCUT2D eigenvalue weighted by Gasteiger charge is 2.16. The van der Waals surface area contributed by atoms with Crippen LogP contribution in [0.1, 0.15) is 0 Å². The average Bonchev–Trinajstić information content (AvgIpc) is 3.93. The summed E-state index contributed by atoms with van der Waals surface area (Å²) in [7, 11) is 0. The maximum absolute atomic E-state index is 6.39. The second-order valence-corrected chi connectivity index (χ2v) is 15.7. The second-order valence-electron chi connectivity index (χ2n) is 15.7. The summed E-state index contributed by atoms with van der Waals surface area (Å²) in [6, 6.07) is 76.2. The van der Waals surface area contributed by atoms with Gasteiger partial charge in [-0.2, -0.15) is 0 Å². The molecule has 0 atom stereocenters. The van der Waals surface area contributed by atoms with E-state index in [2.05, 4.69) is 188 Å². The topological polar surface area (TPSA) is 52.1 Å². The molecule has 0 unspecified atom stereocenters. The maximum atomic E-state index is 6.39. The van der Waals surface area contributed by atoms with E-state index in [0.29, 0.717) is 5.82 Å². The smallest absolute Gasteiger partial charge is 0.160 e. The fourth-order valence-electron chi connectivity index (χ4n) is 8.78. The second kappa shape index (κ2) is 14.7. The zero-order chi connectivity index (χ0) is 41.0. The van der Waals surface area contributed by atoms with Crippen LogP contribution in [-0.2, 0) is 0 Å². The van der Waals surface area contributed by atoms with Crippen LogP contribution in [0.4, 0.5) is 0 Å². The molecule has 3 aromatic heterocycles. The summed E-state index contributed by atoms with van der Waals surface area (Å²) in [5.41, 5.74) is 17.1. The van der Waals surface area contributed by atoms with Gasteiger partial charge in [-0.15, -0.1) is 0 Å². The lowest BCUT2D eigenvalue weighted by Gasteiger charge is -2.12. The van der Waals surface area contributed by atoms with Crippen molar-refractivity contribution < 1.29 is 8.83 Å². The Morgan fingerprint density at radius 1 is 0.258 bits per heavy atom. The van der Waals surface area contributed by atoms with Gasteiger partial charge < -0.3 is 8.83 Å². The molecule has 0 fully saturated rings. The minimum absolute atomic E-state index is 0.661. The number of rotatable bonds is 7. The van der Waals surface area contributed by atoms with Crippen LogP contribution >= 0.6 is 0 Å². The van der Waals surface area contributed by atoms with Gasteiger partial charge in [0, 0.05) is 49.4 Å². The fourth-order valence-corrected chi connectivity index (χ4v) is 8.78. The highest BCUT2D eigenvalue weighted by atomic mass is 16.3. The molecule has 12 rings (SSSR count). The van der Waals surface area contributed by atoms with Crippen molar-refractivity contribution in [3.05, 3.63) is 218 Å². The Labute approximate surface area is 358 Å². The third kappa shape index (κ3) is 6.25. The largest absolute Gasteiger partial charge is 0.455 e. The molecule has 4 heteroatoms. The Bertz CT molecular complexity index is 3430. The summed E-state index contributed by atoms with van der Waals surface area (Å²) in [5, 5.41) is 4.47. The summed E-state index contributed by atoms with van der Waals surface area (Å²) in [5.74, 6) is 0.661. The summed E-state index contributed by atoms with van der Waals surface area (Å²) < 4.78 is 12.8. The van der Waals surface area contributed by atoms with E-state index >= 15 is 0 Å². The van der Waals surface area contributed by atoms with Crippen LogP contribution in [0.3, 0.4) is 0 Å². The predicted octanol–water partition coefficient (Wildman–Crippen LogP) is 15.9. The SMILES string of the molecule is c1ccc(-c2cccc(-c3ccc(-c4nc(-c5ccc(-c6cccc7c6oc6ccccc67)cc5)cc(-c5ccc(-c6cccc7c6oc6ccccc67)cc5)n4)cc3)c2)cc1. The van der Waals surface area contributed by atoms with E-state index in [1.807, 2.05) is 30.3 Å². The molecule has 0 aliphatic heterocycles. The van der Waals surface area contributed by atoms with Crippen LogP contribution in [0.5, 0.6) is 0 Å². The molecule has 0 aliphatic carbocycles. The zero-order valence-electron chi connectivity index (χ0n) is 33.5. The standard InChI is InChI=1S/C58H36N2O2/c1-2-11-37(12-3-1)44-13-8-14-45(35-44)38-23-33-43(34-24-38)58-59-52(41-29-25-39(26-30-41)46-17-9-19-50-48-15-4-6-21-54(48)61-56(46)50)36-53(60-58)42-31-27-40(28-32-42)47-18-10-20-51-49-16-5-7-22-55(49)62-57(47)51/h1-36H. The lowest BCUT2D eigenvalue weighted by atomic mass is 9.98. The van der Waals surface area contributed by atoms with Crippen molar-refractivity contribution in [2.24, 2.45) is 0 Å². The molecule has 290 valence electrons. The summed E-state index contributed by atoms with van der Waals surface area (Å²) in [6.45, 7) is 0. The van der Waals surface area contributed by atoms with E-state index in [-0.39, 0.29) is 0 Å². The van der Waals surface area contributed by atoms with E-state index < -0.39 is 0 Å². The molecule has 0 spiro atoms. The van der Waals surface area contributed by atoms with Gasteiger partial charge in [0.1, 0.15) is 22.3 Å². The molecule has 0 saturated carbocycles. The first-order valence-corrected chi connectivity index (χ1v) is 20.9. The number of furan rings is 2. The van der Waals surface area contributed by atoms with Crippen molar-refractivity contribution in [2.45, 2.75) is 0 Å². The number of nitrogens with zero attached hydrogens (tertiary/aromatic N) is 2. The Kier molecular flexibility index (Phi) is 8.46. The molecule has 0 amide bonds. The van der Waals surface area contributed by atoms with Crippen LogP contribution in [-0.4, -0.2) is 9.97 Å². The Balaban J connectivity index is 0.929. The van der Waals surface area contributed by atoms with E-state index in [0.717, 1.165) is 105 Å². The van der Waals surface area contributed by atoms with E-state index in [9.17, 15) is 0 Å². The van der Waals surface area contributed by atoms with Gasteiger partial charge in [0.05, 0.1) is 11.4 Å². The molecule has 62 heavy (non-hydrogen) atoms. The number of aromatic nitrogens is 2. The molecule has 0 N–H and O–H groups in total. The van der Waals surface area contributed by atoms with E-state index in [1.54, 1.807) is 0 Å². The molecule has 9 aromatic carbocycles. The predicted molar refractivity (Wildman–Crippen MR) is 255 cm³/mol. The summed E-state index contributed by atoms with van der Waals surface area (Å²) in [4.78, 5) is 10.4. The summed E-state index contributed by atoms with van der Waals surface area (Å²) in [6.07, 6.45) is 0.